The standard InChI is InChI=1S/C27H27F2N7O2/c28-27(29)5-6-36(17-27)24-4-2-21(15-31-24)32-26(37)25-22-12-19(1-3-23(22)33-34-25)20-11-18(13-30-14-20)16-35-7-9-38-10-8-35/h1-4,11-15H,5-10,16-17H2,(H,32,37)(H,33,34). The Hall–Kier alpha value is -3.96. The molecule has 2 fully saturated rings. The van der Waals surface area contributed by atoms with Gasteiger partial charge in [-0.3, -0.25) is 19.8 Å². The summed E-state index contributed by atoms with van der Waals surface area (Å²) in [5.41, 5.74) is 4.44. The molecule has 0 spiro atoms. The lowest BCUT2D eigenvalue weighted by molar-refractivity contribution is 0.0256. The average Bonchev–Trinajstić information content (AvgIpc) is 3.52. The van der Waals surface area contributed by atoms with Gasteiger partial charge < -0.3 is 15.0 Å². The number of alkyl halides is 2. The van der Waals surface area contributed by atoms with Crippen molar-refractivity contribution in [3.05, 3.63) is 66.2 Å². The molecule has 0 aliphatic carbocycles. The molecule has 0 radical (unpaired) electrons. The average molecular weight is 520 g/mol. The van der Waals surface area contributed by atoms with E-state index in [4.69, 9.17) is 4.74 Å². The molecule has 2 saturated heterocycles. The number of carbonyl (C=O) groups excluding carboxylic acids is 1. The molecule has 11 heteroatoms. The number of morpholine rings is 1. The van der Waals surface area contributed by atoms with Crippen LogP contribution in [0, 0.1) is 0 Å². The number of fused-ring (bicyclic) bond motifs is 1. The third kappa shape index (κ3) is 5.20. The summed E-state index contributed by atoms with van der Waals surface area (Å²) in [4.78, 5) is 25.7. The number of hydrogen-bond acceptors (Lipinski definition) is 7. The van der Waals surface area contributed by atoms with E-state index < -0.39 is 11.8 Å². The number of carbonyl (C=O) groups is 1. The zero-order valence-corrected chi connectivity index (χ0v) is 20.7. The molecule has 38 heavy (non-hydrogen) atoms. The molecule has 5 heterocycles. The number of benzene rings is 1. The minimum atomic E-state index is -2.70. The second-order valence-corrected chi connectivity index (χ2v) is 9.69. The molecule has 0 bridgehead atoms. The number of aromatic nitrogens is 4. The minimum Gasteiger partial charge on any atom is -0.379 e. The van der Waals surface area contributed by atoms with Crippen molar-refractivity contribution in [3.63, 3.8) is 0 Å². The summed E-state index contributed by atoms with van der Waals surface area (Å²) in [7, 11) is 0. The predicted octanol–water partition coefficient (Wildman–Crippen LogP) is 3.95. The van der Waals surface area contributed by atoms with Gasteiger partial charge in [0.05, 0.1) is 37.2 Å². The van der Waals surface area contributed by atoms with Gasteiger partial charge in [-0.25, -0.2) is 13.8 Å². The first kappa shape index (κ1) is 24.4. The number of amides is 1. The fourth-order valence-electron chi connectivity index (χ4n) is 4.88. The van der Waals surface area contributed by atoms with Crippen LogP contribution in [0.1, 0.15) is 22.5 Å². The Morgan fingerprint density at radius 3 is 2.68 bits per heavy atom. The van der Waals surface area contributed by atoms with Gasteiger partial charge in [0.1, 0.15) is 5.82 Å². The van der Waals surface area contributed by atoms with Gasteiger partial charge >= 0.3 is 0 Å². The summed E-state index contributed by atoms with van der Waals surface area (Å²) in [5, 5.41) is 10.6. The lowest BCUT2D eigenvalue weighted by Gasteiger charge is -2.26. The van der Waals surface area contributed by atoms with Gasteiger partial charge in [0, 0.05) is 55.9 Å². The molecule has 2 aliphatic rings. The Morgan fingerprint density at radius 2 is 1.92 bits per heavy atom. The smallest absolute Gasteiger partial charge is 0.276 e. The first-order valence-corrected chi connectivity index (χ1v) is 12.6. The molecule has 196 valence electrons. The second-order valence-electron chi connectivity index (χ2n) is 9.69. The normalized spacial score (nSPS) is 17.7. The number of rotatable bonds is 6. The Bertz CT molecular complexity index is 1450. The monoisotopic (exact) mass is 519 g/mol. The molecule has 2 N–H and O–H groups in total. The fourth-order valence-corrected chi connectivity index (χ4v) is 4.88. The Morgan fingerprint density at radius 1 is 1.05 bits per heavy atom. The first-order valence-electron chi connectivity index (χ1n) is 12.6. The van der Waals surface area contributed by atoms with Crippen LogP contribution in [0.15, 0.2) is 55.0 Å². The molecular weight excluding hydrogens is 492 g/mol. The number of halogens is 2. The van der Waals surface area contributed by atoms with Crippen molar-refractivity contribution < 1.29 is 18.3 Å². The quantitative estimate of drug-likeness (QED) is 0.398. The van der Waals surface area contributed by atoms with Crippen LogP contribution in [0.5, 0.6) is 0 Å². The van der Waals surface area contributed by atoms with E-state index >= 15 is 0 Å². The van der Waals surface area contributed by atoms with Crippen molar-refractivity contribution in [3.8, 4) is 11.1 Å². The zero-order valence-electron chi connectivity index (χ0n) is 20.7. The molecular formula is C27H27F2N7O2. The molecule has 3 aromatic heterocycles. The van der Waals surface area contributed by atoms with E-state index in [0.717, 1.165) is 55.1 Å². The minimum absolute atomic E-state index is 0.185. The fraction of sp³-hybridized carbons (Fsp3) is 0.333. The molecule has 2 aliphatic heterocycles. The first-order chi connectivity index (χ1) is 18.4. The molecule has 1 amide bonds. The van der Waals surface area contributed by atoms with Gasteiger partial charge in [0.2, 0.25) is 0 Å². The van der Waals surface area contributed by atoms with E-state index in [9.17, 15) is 13.6 Å². The lowest BCUT2D eigenvalue weighted by atomic mass is 10.0. The maximum Gasteiger partial charge on any atom is 0.276 e. The van der Waals surface area contributed by atoms with Crippen LogP contribution in [0.4, 0.5) is 20.3 Å². The number of nitrogens with zero attached hydrogens (tertiary/aromatic N) is 5. The number of anilines is 2. The third-order valence-corrected chi connectivity index (χ3v) is 6.92. The molecule has 4 aromatic rings. The third-order valence-electron chi connectivity index (χ3n) is 6.92. The summed E-state index contributed by atoms with van der Waals surface area (Å²) in [6.45, 7) is 3.99. The van der Waals surface area contributed by atoms with Crippen LogP contribution >= 0.6 is 0 Å². The number of aromatic amines is 1. The molecule has 0 atom stereocenters. The van der Waals surface area contributed by atoms with E-state index in [1.807, 2.05) is 30.6 Å². The number of ether oxygens (including phenoxy) is 1. The highest BCUT2D eigenvalue weighted by Crippen LogP contribution is 2.30. The van der Waals surface area contributed by atoms with Gasteiger partial charge in [0.25, 0.3) is 11.8 Å². The number of hydrogen-bond donors (Lipinski definition) is 2. The van der Waals surface area contributed by atoms with Crippen molar-refractivity contribution in [2.24, 2.45) is 0 Å². The number of nitrogens with one attached hydrogen (secondary N) is 2. The summed E-state index contributed by atoms with van der Waals surface area (Å²) >= 11 is 0. The van der Waals surface area contributed by atoms with E-state index in [2.05, 4.69) is 36.4 Å². The summed E-state index contributed by atoms with van der Waals surface area (Å²) < 4.78 is 32.5. The largest absolute Gasteiger partial charge is 0.379 e. The van der Waals surface area contributed by atoms with Gasteiger partial charge in [-0.2, -0.15) is 5.10 Å². The van der Waals surface area contributed by atoms with Crippen LogP contribution in [0.2, 0.25) is 0 Å². The zero-order chi connectivity index (χ0) is 26.1. The van der Waals surface area contributed by atoms with E-state index in [-0.39, 0.29) is 25.2 Å². The number of H-pyrrole nitrogens is 1. The van der Waals surface area contributed by atoms with Crippen LogP contribution in [0.3, 0.4) is 0 Å². The highest BCUT2D eigenvalue weighted by atomic mass is 19.3. The van der Waals surface area contributed by atoms with Crippen molar-refractivity contribution >= 4 is 28.3 Å². The van der Waals surface area contributed by atoms with Crippen molar-refractivity contribution in [1.82, 2.24) is 25.1 Å². The SMILES string of the molecule is O=C(Nc1ccc(N2CCC(F)(F)C2)nc1)c1n[nH]c2ccc(-c3cncc(CN4CCOCC4)c3)cc12. The summed E-state index contributed by atoms with van der Waals surface area (Å²) in [5.74, 6) is -2.64. The van der Waals surface area contributed by atoms with E-state index in [0.29, 0.717) is 16.9 Å². The highest BCUT2D eigenvalue weighted by molar-refractivity contribution is 6.11. The Labute approximate surface area is 217 Å². The molecule has 0 saturated carbocycles. The molecule has 6 rings (SSSR count). The van der Waals surface area contributed by atoms with Crippen molar-refractivity contribution in [2.45, 2.75) is 18.9 Å². The van der Waals surface area contributed by atoms with Gasteiger partial charge in [0.15, 0.2) is 5.69 Å². The van der Waals surface area contributed by atoms with Crippen molar-refractivity contribution in [2.75, 3.05) is 49.6 Å². The molecule has 9 nitrogen and oxygen atoms in total. The van der Waals surface area contributed by atoms with Gasteiger partial charge in [-0.1, -0.05) is 6.07 Å². The Balaban J connectivity index is 1.18. The van der Waals surface area contributed by atoms with Crippen LogP contribution in [-0.4, -0.2) is 76.3 Å². The van der Waals surface area contributed by atoms with Gasteiger partial charge in [-0.15, -0.1) is 0 Å². The van der Waals surface area contributed by atoms with E-state index in [1.54, 1.807) is 17.0 Å². The maximum absolute atomic E-state index is 13.5. The molecule has 1 aromatic carbocycles. The van der Waals surface area contributed by atoms with Crippen molar-refractivity contribution in [1.29, 1.82) is 0 Å². The van der Waals surface area contributed by atoms with Crippen LogP contribution < -0.4 is 10.2 Å². The topological polar surface area (TPSA) is 99.3 Å². The lowest BCUT2D eigenvalue weighted by Crippen LogP contribution is -2.35. The van der Waals surface area contributed by atoms with E-state index in [1.165, 1.54) is 6.20 Å². The Kier molecular flexibility index (Phi) is 6.46. The van der Waals surface area contributed by atoms with Crippen LogP contribution in [-0.2, 0) is 11.3 Å². The maximum atomic E-state index is 13.5. The highest BCUT2D eigenvalue weighted by Gasteiger charge is 2.38. The van der Waals surface area contributed by atoms with Gasteiger partial charge in [-0.05, 0) is 41.5 Å². The van der Waals surface area contributed by atoms with Crippen LogP contribution in [0.25, 0.3) is 22.0 Å². The predicted molar refractivity (Wildman–Crippen MR) is 139 cm³/mol. The molecule has 0 unspecified atom stereocenters. The second kappa shape index (κ2) is 10.1. The summed E-state index contributed by atoms with van der Waals surface area (Å²) in [6.07, 6.45) is 4.97. The summed E-state index contributed by atoms with van der Waals surface area (Å²) in [6, 6.07) is 11.2. The number of pyridine rings is 2.